The summed E-state index contributed by atoms with van der Waals surface area (Å²) in [6.45, 7) is 1.75. The monoisotopic (exact) mass is 459 g/mol. The van der Waals surface area contributed by atoms with Crippen LogP contribution in [0.3, 0.4) is 0 Å². The minimum absolute atomic E-state index is 0.0855. The van der Waals surface area contributed by atoms with Crippen molar-refractivity contribution in [3.05, 3.63) is 104 Å². The Morgan fingerprint density at radius 1 is 0.970 bits per heavy atom. The second-order valence-electron chi connectivity index (χ2n) is 7.45. The van der Waals surface area contributed by atoms with E-state index in [4.69, 9.17) is 11.6 Å². The molecule has 0 aliphatic rings. The highest BCUT2D eigenvalue weighted by Crippen LogP contribution is 2.20. The van der Waals surface area contributed by atoms with Crippen molar-refractivity contribution >= 4 is 45.8 Å². The van der Waals surface area contributed by atoms with Crippen molar-refractivity contribution in [2.75, 3.05) is 5.32 Å². The molecule has 0 radical (unpaired) electrons. The Morgan fingerprint density at radius 3 is 2.45 bits per heavy atom. The van der Waals surface area contributed by atoms with Crippen LogP contribution in [0.25, 0.3) is 11.0 Å². The van der Waals surface area contributed by atoms with Crippen molar-refractivity contribution in [3.8, 4) is 0 Å². The standard InChI is InChI=1S/C25H18ClN3O4/c1-14-11-17(26)8-10-18(14)28-25(33)22(30)13-21-24(32)29-20-12-16(7-9-19(20)27-21)23(31)15-5-3-2-4-6-15/h2-12H,13H2,1H3,(H,28,33)(H,29,32). The van der Waals surface area contributed by atoms with Crippen LogP contribution in [0.1, 0.15) is 27.2 Å². The van der Waals surface area contributed by atoms with E-state index in [0.29, 0.717) is 38.4 Å². The molecule has 4 aromatic rings. The number of carbonyl (C=O) groups excluding carboxylic acids is 3. The molecule has 1 heterocycles. The highest BCUT2D eigenvalue weighted by molar-refractivity contribution is 6.41. The van der Waals surface area contributed by atoms with Crippen LogP contribution in [0.15, 0.2) is 71.5 Å². The van der Waals surface area contributed by atoms with Crippen LogP contribution in [-0.2, 0) is 16.0 Å². The first-order valence-corrected chi connectivity index (χ1v) is 10.4. The predicted molar refractivity (Wildman–Crippen MR) is 126 cm³/mol. The average molecular weight is 460 g/mol. The van der Waals surface area contributed by atoms with E-state index in [-0.39, 0.29) is 11.5 Å². The Labute approximate surface area is 193 Å². The van der Waals surface area contributed by atoms with E-state index < -0.39 is 23.7 Å². The molecule has 7 nitrogen and oxygen atoms in total. The van der Waals surface area contributed by atoms with E-state index in [1.165, 1.54) is 0 Å². The van der Waals surface area contributed by atoms with Gasteiger partial charge in [0.2, 0.25) is 5.78 Å². The predicted octanol–water partition coefficient (Wildman–Crippen LogP) is 3.87. The normalized spacial score (nSPS) is 10.7. The lowest BCUT2D eigenvalue weighted by Crippen LogP contribution is -2.28. The molecule has 0 saturated heterocycles. The number of halogens is 1. The molecule has 4 rings (SSSR count). The van der Waals surface area contributed by atoms with Crippen LogP contribution in [-0.4, -0.2) is 27.4 Å². The molecule has 0 unspecified atom stereocenters. The van der Waals surface area contributed by atoms with Crippen molar-refractivity contribution in [2.45, 2.75) is 13.3 Å². The molecule has 8 heteroatoms. The van der Waals surface area contributed by atoms with Crippen molar-refractivity contribution in [1.29, 1.82) is 0 Å². The third-order valence-corrected chi connectivity index (χ3v) is 5.31. The third kappa shape index (κ3) is 4.88. The van der Waals surface area contributed by atoms with E-state index in [9.17, 15) is 19.2 Å². The number of aromatic amines is 1. The molecule has 0 spiro atoms. The van der Waals surface area contributed by atoms with Crippen LogP contribution >= 0.6 is 11.6 Å². The molecule has 0 saturated carbocycles. The van der Waals surface area contributed by atoms with Crippen LogP contribution in [0.2, 0.25) is 5.02 Å². The number of aromatic nitrogens is 2. The molecule has 0 aliphatic heterocycles. The van der Waals surface area contributed by atoms with Gasteiger partial charge in [-0.3, -0.25) is 19.2 Å². The summed E-state index contributed by atoms with van der Waals surface area (Å²) in [5.74, 6) is -1.85. The molecule has 0 atom stereocenters. The van der Waals surface area contributed by atoms with Gasteiger partial charge in [-0.15, -0.1) is 0 Å². The molecule has 0 aliphatic carbocycles. The number of Topliss-reactive ketones (excluding diaryl/α,β-unsaturated/α-hetero) is 1. The van der Waals surface area contributed by atoms with Gasteiger partial charge in [0.05, 0.1) is 17.5 Å². The first-order chi connectivity index (χ1) is 15.8. The van der Waals surface area contributed by atoms with Gasteiger partial charge in [0.25, 0.3) is 11.5 Å². The number of H-pyrrole nitrogens is 1. The molecule has 33 heavy (non-hydrogen) atoms. The number of nitrogens with one attached hydrogen (secondary N) is 2. The molecule has 2 N–H and O–H groups in total. The molecular formula is C25H18ClN3O4. The van der Waals surface area contributed by atoms with E-state index >= 15 is 0 Å². The number of hydrogen-bond donors (Lipinski definition) is 2. The molecular weight excluding hydrogens is 442 g/mol. The SMILES string of the molecule is Cc1cc(Cl)ccc1NC(=O)C(=O)Cc1nc2ccc(C(=O)c3ccccc3)cc2[nH]c1=O. The Hall–Kier alpha value is -4.10. The number of benzene rings is 3. The van der Waals surface area contributed by atoms with Gasteiger partial charge in [-0.1, -0.05) is 41.9 Å². The molecule has 3 aromatic carbocycles. The Morgan fingerprint density at radius 2 is 1.73 bits per heavy atom. The second-order valence-corrected chi connectivity index (χ2v) is 7.89. The minimum atomic E-state index is -0.856. The molecule has 164 valence electrons. The van der Waals surface area contributed by atoms with Gasteiger partial charge in [0.15, 0.2) is 5.78 Å². The van der Waals surface area contributed by atoms with Gasteiger partial charge in [-0.25, -0.2) is 4.98 Å². The molecule has 0 fully saturated rings. The van der Waals surface area contributed by atoms with Crippen LogP contribution in [0.5, 0.6) is 0 Å². The lowest BCUT2D eigenvalue weighted by atomic mass is 10.0. The lowest BCUT2D eigenvalue weighted by Gasteiger charge is -2.08. The summed E-state index contributed by atoms with van der Waals surface area (Å²) in [6.07, 6.45) is -0.464. The number of fused-ring (bicyclic) bond motifs is 1. The van der Waals surface area contributed by atoms with Gasteiger partial charge in [0, 0.05) is 21.8 Å². The number of carbonyl (C=O) groups is 3. The summed E-state index contributed by atoms with van der Waals surface area (Å²) in [6, 6.07) is 18.4. The first kappa shape index (κ1) is 22.1. The smallest absolute Gasteiger partial charge is 0.292 e. The second kappa shape index (κ2) is 9.18. The zero-order chi connectivity index (χ0) is 23.5. The number of anilines is 1. The van der Waals surface area contributed by atoms with Crippen LogP contribution in [0.4, 0.5) is 5.69 Å². The van der Waals surface area contributed by atoms with E-state index in [1.807, 2.05) is 6.07 Å². The first-order valence-electron chi connectivity index (χ1n) is 10.0. The number of nitrogens with zero attached hydrogens (tertiary/aromatic N) is 1. The number of ketones is 2. The fourth-order valence-electron chi connectivity index (χ4n) is 3.33. The Bertz CT molecular complexity index is 1460. The summed E-state index contributed by atoms with van der Waals surface area (Å²) in [5.41, 5.74) is 2.15. The molecule has 0 bridgehead atoms. The minimum Gasteiger partial charge on any atom is -0.319 e. The maximum atomic E-state index is 12.6. The summed E-state index contributed by atoms with van der Waals surface area (Å²) >= 11 is 5.90. The van der Waals surface area contributed by atoms with Crippen LogP contribution < -0.4 is 10.9 Å². The van der Waals surface area contributed by atoms with Gasteiger partial charge in [-0.05, 0) is 48.9 Å². The van der Waals surface area contributed by atoms with E-state index in [1.54, 1.807) is 67.6 Å². The maximum Gasteiger partial charge on any atom is 0.292 e. The summed E-state index contributed by atoms with van der Waals surface area (Å²) in [7, 11) is 0. The summed E-state index contributed by atoms with van der Waals surface area (Å²) in [4.78, 5) is 56.7. The zero-order valence-electron chi connectivity index (χ0n) is 17.5. The van der Waals surface area contributed by atoms with Gasteiger partial charge in [-0.2, -0.15) is 0 Å². The van der Waals surface area contributed by atoms with Crippen molar-refractivity contribution in [3.63, 3.8) is 0 Å². The number of amides is 1. The van der Waals surface area contributed by atoms with E-state index in [2.05, 4.69) is 15.3 Å². The highest BCUT2D eigenvalue weighted by atomic mass is 35.5. The largest absolute Gasteiger partial charge is 0.319 e. The van der Waals surface area contributed by atoms with Crippen LogP contribution in [0, 0.1) is 6.92 Å². The number of hydrogen-bond acceptors (Lipinski definition) is 5. The van der Waals surface area contributed by atoms with Gasteiger partial charge in [0.1, 0.15) is 5.69 Å². The molecule has 1 amide bonds. The quantitative estimate of drug-likeness (QED) is 0.336. The third-order valence-electron chi connectivity index (χ3n) is 5.08. The van der Waals surface area contributed by atoms with E-state index in [0.717, 1.165) is 0 Å². The lowest BCUT2D eigenvalue weighted by molar-refractivity contribution is -0.134. The summed E-state index contributed by atoms with van der Waals surface area (Å²) < 4.78 is 0. The highest BCUT2D eigenvalue weighted by Gasteiger charge is 2.19. The van der Waals surface area contributed by atoms with Crippen molar-refractivity contribution in [1.82, 2.24) is 9.97 Å². The molecule has 1 aromatic heterocycles. The van der Waals surface area contributed by atoms with Gasteiger partial charge < -0.3 is 10.3 Å². The fourth-order valence-corrected chi connectivity index (χ4v) is 3.56. The Balaban J connectivity index is 1.54. The van der Waals surface area contributed by atoms with Crippen molar-refractivity contribution < 1.29 is 14.4 Å². The maximum absolute atomic E-state index is 12.6. The topological polar surface area (TPSA) is 109 Å². The average Bonchev–Trinajstić information content (AvgIpc) is 2.81. The van der Waals surface area contributed by atoms with Crippen molar-refractivity contribution in [2.24, 2.45) is 0 Å². The fraction of sp³-hybridized carbons (Fsp3) is 0.0800. The summed E-state index contributed by atoms with van der Waals surface area (Å²) in [5, 5.41) is 3.04. The number of rotatable bonds is 6. The number of aryl methyl sites for hydroxylation is 1. The van der Waals surface area contributed by atoms with Gasteiger partial charge >= 0.3 is 0 Å². The zero-order valence-corrected chi connectivity index (χ0v) is 18.3. The Kier molecular flexibility index (Phi) is 6.15.